The molecule has 184 valence electrons. The van der Waals surface area contributed by atoms with E-state index in [-0.39, 0.29) is 11.8 Å². The van der Waals surface area contributed by atoms with Gasteiger partial charge in [-0.3, -0.25) is 0 Å². The fourth-order valence-corrected chi connectivity index (χ4v) is 5.10. The monoisotopic (exact) mass is 511 g/mol. The summed E-state index contributed by atoms with van der Waals surface area (Å²) in [5, 5.41) is 8.37. The van der Waals surface area contributed by atoms with Crippen LogP contribution in [0.5, 0.6) is 0 Å². The summed E-state index contributed by atoms with van der Waals surface area (Å²) in [6.07, 6.45) is 1.98. The minimum atomic E-state index is -0.481. The number of rotatable bonds is 3. The third-order valence-corrected chi connectivity index (χ3v) is 6.84. The quantitative estimate of drug-likeness (QED) is 0.286. The molecule has 1 N–H and O–H groups in total. The molecule has 6 nitrogen and oxygen atoms in total. The van der Waals surface area contributed by atoms with Crippen LogP contribution in [0.15, 0.2) is 97.2 Å². The predicted octanol–water partition coefficient (Wildman–Crippen LogP) is 6.90. The van der Waals surface area contributed by atoms with Gasteiger partial charge < -0.3 is 14.8 Å². The van der Waals surface area contributed by atoms with Gasteiger partial charge in [0.05, 0.1) is 29.7 Å². The second-order valence-electron chi connectivity index (χ2n) is 8.96. The SMILES string of the molecule is Cc1nn(-c2ccccc2)c2c1CN(C(=O)Nc1cccc(Cl)c1)[C@@H](c1ccc(F)cc1)c1cccn1-2. The van der Waals surface area contributed by atoms with Crippen LogP contribution >= 0.6 is 11.6 Å². The van der Waals surface area contributed by atoms with Crippen LogP contribution in [0, 0.1) is 12.7 Å². The Labute approximate surface area is 218 Å². The number of nitrogens with zero attached hydrogens (tertiary/aromatic N) is 4. The maximum Gasteiger partial charge on any atom is 0.322 e. The average Bonchev–Trinajstić information content (AvgIpc) is 3.46. The first-order valence-corrected chi connectivity index (χ1v) is 12.3. The first kappa shape index (κ1) is 23.1. The van der Waals surface area contributed by atoms with Gasteiger partial charge in [-0.25, -0.2) is 13.9 Å². The van der Waals surface area contributed by atoms with Crippen LogP contribution in [0.2, 0.25) is 5.02 Å². The fraction of sp³-hybridized carbons (Fsp3) is 0.103. The average molecular weight is 512 g/mol. The van der Waals surface area contributed by atoms with Crippen LogP contribution in [-0.4, -0.2) is 25.3 Å². The Morgan fingerprint density at radius 3 is 2.54 bits per heavy atom. The molecule has 37 heavy (non-hydrogen) atoms. The molecule has 6 rings (SSSR count). The summed E-state index contributed by atoms with van der Waals surface area (Å²) in [5.41, 5.74) is 4.91. The van der Waals surface area contributed by atoms with E-state index in [1.807, 2.05) is 60.3 Å². The molecule has 0 radical (unpaired) electrons. The standard InChI is InChI=1S/C29H23ClFN5O/c1-19-25-18-35(29(37)32-23-8-5-7-21(30)17-23)27(20-12-14-22(31)15-13-20)26-11-6-16-34(26)28(25)36(33-19)24-9-3-2-4-10-24/h2-17,27H,18H2,1H3,(H,32,37)/t27-/m0/s1. The van der Waals surface area contributed by atoms with Crippen LogP contribution in [0.1, 0.15) is 28.6 Å². The predicted molar refractivity (Wildman–Crippen MR) is 142 cm³/mol. The summed E-state index contributed by atoms with van der Waals surface area (Å²) in [4.78, 5) is 15.6. The second-order valence-corrected chi connectivity index (χ2v) is 9.40. The van der Waals surface area contributed by atoms with E-state index in [0.717, 1.165) is 34.0 Å². The summed E-state index contributed by atoms with van der Waals surface area (Å²) >= 11 is 6.17. The van der Waals surface area contributed by atoms with Crippen molar-refractivity contribution < 1.29 is 9.18 Å². The van der Waals surface area contributed by atoms with Gasteiger partial charge in [0.25, 0.3) is 0 Å². The van der Waals surface area contributed by atoms with Crippen LogP contribution in [-0.2, 0) is 6.54 Å². The van der Waals surface area contributed by atoms with Crippen molar-refractivity contribution in [1.29, 1.82) is 0 Å². The number of urea groups is 1. The second kappa shape index (κ2) is 9.26. The van der Waals surface area contributed by atoms with Gasteiger partial charge in [-0.2, -0.15) is 5.10 Å². The number of fused-ring (bicyclic) bond motifs is 3. The van der Waals surface area contributed by atoms with Crippen molar-refractivity contribution in [2.45, 2.75) is 19.5 Å². The number of aromatic nitrogens is 3. The number of hydrogen-bond acceptors (Lipinski definition) is 2. The van der Waals surface area contributed by atoms with Gasteiger partial charge in [-0.1, -0.05) is 48.0 Å². The van der Waals surface area contributed by atoms with Crippen molar-refractivity contribution in [3.05, 3.63) is 131 Å². The molecule has 2 amide bonds. The number of amides is 2. The zero-order chi connectivity index (χ0) is 25.5. The van der Waals surface area contributed by atoms with Crippen molar-refractivity contribution >= 4 is 23.3 Å². The molecule has 0 spiro atoms. The molecule has 1 atom stereocenters. The molecule has 0 saturated heterocycles. The highest BCUT2D eigenvalue weighted by Gasteiger charge is 2.36. The number of para-hydroxylation sites is 1. The largest absolute Gasteiger partial charge is 0.322 e. The Morgan fingerprint density at radius 2 is 1.78 bits per heavy atom. The minimum Gasteiger partial charge on any atom is -0.308 e. The Morgan fingerprint density at radius 1 is 1.00 bits per heavy atom. The molecule has 0 saturated carbocycles. The summed E-state index contributed by atoms with van der Waals surface area (Å²) < 4.78 is 17.9. The minimum absolute atomic E-state index is 0.296. The first-order chi connectivity index (χ1) is 18.0. The molecule has 0 fully saturated rings. The lowest BCUT2D eigenvalue weighted by molar-refractivity contribution is 0.194. The molecule has 3 heterocycles. The van der Waals surface area contributed by atoms with Crippen LogP contribution < -0.4 is 5.32 Å². The lowest BCUT2D eigenvalue weighted by Gasteiger charge is -2.31. The highest BCUT2D eigenvalue weighted by Crippen LogP contribution is 2.38. The van der Waals surface area contributed by atoms with Crippen LogP contribution in [0.3, 0.4) is 0 Å². The molecule has 5 aromatic rings. The lowest BCUT2D eigenvalue weighted by Crippen LogP contribution is -2.38. The maximum absolute atomic E-state index is 13.9. The number of benzene rings is 3. The van der Waals surface area contributed by atoms with Gasteiger partial charge in [0, 0.05) is 22.5 Å². The van der Waals surface area contributed by atoms with Gasteiger partial charge in [-0.05, 0) is 67.1 Å². The first-order valence-electron chi connectivity index (χ1n) is 11.9. The number of halogens is 2. The lowest BCUT2D eigenvalue weighted by atomic mass is 10.0. The van der Waals surface area contributed by atoms with Crippen LogP contribution in [0.25, 0.3) is 11.5 Å². The van der Waals surface area contributed by atoms with Gasteiger partial charge in [0.15, 0.2) is 0 Å². The van der Waals surface area contributed by atoms with E-state index in [1.54, 1.807) is 41.3 Å². The number of carbonyl (C=O) groups excluding carboxylic acids is 1. The molecule has 3 aromatic carbocycles. The number of aryl methyl sites for hydroxylation is 1. The topological polar surface area (TPSA) is 55.1 Å². The molecule has 1 aliphatic heterocycles. The van der Waals surface area contributed by atoms with E-state index >= 15 is 0 Å². The molecular weight excluding hydrogens is 489 g/mol. The highest BCUT2D eigenvalue weighted by molar-refractivity contribution is 6.30. The normalized spacial score (nSPS) is 14.6. The fourth-order valence-electron chi connectivity index (χ4n) is 4.91. The maximum atomic E-state index is 13.9. The molecule has 0 unspecified atom stereocenters. The van der Waals surface area contributed by atoms with Gasteiger partial charge in [0.1, 0.15) is 11.6 Å². The van der Waals surface area contributed by atoms with Gasteiger partial charge in [0.2, 0.25) is 0 Å². The van der Waals surface area contributed by atoms with E-state index in [1.165, 1.54) is 12.1 Å². The van der Waals surface area contributed by atoms with Crippen molar-refractivity contribution in [3.63, 3.8) is 0 Å². The molecule has 0 aliphatic carbocycles. The van der Waals surface area contributed by atoms with E-state index in [2.05, 4.69) is 9.88 Å². The number of nitrogens with one attached hydrogen (secondary N) is 1. The van der Waals surface area contributed by atoms with Crippen LogP contribution in [0.4, 0.5) is 14.9 Å². The van der Waals surface area contributed by atoms with Crippen molar-refractivity contribution in [2.24, 2.45) is 0 Å². The summed E-state index contributed by atoms with van der Waals surface area (Å²) in [5.74, 6) is 0.537. The van der Waals surface area contributed by atoms with E-state index in [9.17, 15) is 9.18 Å². The van der Waals surface area contributed by atoms with Crippen molar-refractivity contribution in [1.82, 2.24) is 19.2 Å². The molecule has 8 heteroatoms. The van der Waals surface area contributed by atoms with Crippen molar-refractivity contribution in [3.8, 4) is 11.5 Å². The van der Waals surface area contributed by atoms with Crippen molar-refractivity contribution in [2.75, 3.05) is 5.32 Å². The Balaban J connectivity index is 1.53. The molecular formula is C29H23ClFN5O. The van der Waals surface area contributed by atoms with E-state index in [4.69, 9.17) is 16.7 Å². The summed E-state index contributed by atoms with van der Waals surface area (Å²) in [7, 11) is 0. The highest BCUT2D eigenvalue weighted by atomic mass is 35.5. The third-order valence-electron chi connectivity index (χ3n) is 6.61. The van der Waals surface area contributed by atoms with E-state index in [0.29, 0.717) is 17.3 Å². The van der Waals surface area contributed by atoms with Gasteiger partial charge >= 0.3 is 6.03 Å². The van der Waals surface area contributed by atoms with E-state index < -0.39 is 6.04 Å². The summed E-state index contributed by atoms with van der Waals surface area (Å²) in [6, 6.07) is 26.4. The number of carbonyl (C=O) groups is 1. The Bertz CT molecular complexity index is 1590. The van der Waals surface area contributed by atoms with Gasteiger partial charge in [-0.15, -0.1) is 0 Å². The third kappa shape index (κ3) is 4.17. The number of hydrogen-bond donors (Lipinski definition) is 1. The molecule has 2 aromatic heterocycles. The Kier molecular flexibility index (Phi) is 5.77. The summed E-state index contributed by atoms with van der Waals surface area (Å²) in [6.45, 7) is 2.25. The zero-order valence-electron chi connectivity index (χ0n) is 20.0. The molecule has 1 aliphatic rings. The molecule has 0 bridgehead atoms. The smallest absolute Gasteiger partial charge is 0.308 e. The Hall–Kier alpha value is -4.36. The number of anilines is 1. The zero-order valence-corrected chi connectivity index (χ0v) is 20.7.